The monoisotopic (exact) mass is 324 g/mol. The minimum Gasteiger partial charge on any atom is -0.484 e. The SMILES string of the molecule is COCCN1CCC(CNC(=O)COc2ccc(F)cc2)CC1. The van der Waals surface area contributed by atoms with Crippen LogP contribution in [0, 0.1) is 11.7 Å². The molecule has 0 aliphatic carbocycles. The summed E-state index contributed by atoms with van der Waals surface area (Å²) in [5.74, 6) is 0.548. The molecular weight excluding hydrogens is 299 g/mol. The summed E-state index contributed by atoms with van der Waals surface area (Å²) in [4.78, 5) is 14.2. The highest BCUT2D eigenvalue weighted by Crippen LogP contribution is 2.16. The molecule has 1 N–H and O–H groups in total. The quantitative estimate of drug-likeness (QED) is 0.790. The Morgan fingerprint density at radius 2 is 2.00 bits per heavy atom. The number of hydrogen-bond acceptors (Lipinski definition) is 4. The zero-order valence-corrected chi connectivity index (χ0v) is 13.6. The fourth-order valence-corrected chi connectivity index (χ4v) is 2.62. The zero-order chi connectivity index (χ0) is 16.5. The molecule has 1 aliphatic heterocycles. The van der Waals surface area contributed by atoms with Crippen molar-refractivity contribution in [3.63, 3.8) is 0 Å². The molecule has 6 heteroatoms. The summed E-state index contributed by atoms with van der Waals surface area (Å²) in [7, 11) is 1.72. The average molecular weight is 324 g/mol. The van der Waals surface area contributed by atoms with E-state index in [2.05, 4.69) is 10.2 Å². The lowest BCUT2D eigenvalue weighted by molar-refractivity contribution is -0.123. The maximum absolute atomic E-state index is 12.8. The van der Waals surface area contributed by atoms with Crippen LogP contribution in [0.25, 0.3) is 0 Å². The number of ether oxygens (including phenoxy) is 2. The molecule has 1 aromatic carbocycles. The second-order valence-electron chi connectivity index (χ2n) is 5.82. The van der Waals surface area contributed by atoms with Crippen LogP contribution in [-0.2, 0) is 9.53 Å². The van der Waals surface area contributed by atoms with Crippen LogP contribution in [0.5, 0.6) is 5.75 Å². The van der Waals surface area contributed by atoms with E-state index in [1.807, 2.05) is 0 Å². The number of amides is 1. The number of hydrogen-bond donors (Lipinski definition) is 1. The minimum absolute atomic E-state index is 0.0433. The van der Waals surface area contributed by atoms with Crippen LogP contribution in [0.4, 0.5) is 4.39 Å². The van der Waals surface area contributed by atoms with Crippen molar-refractivity contribution in [3.05, 3.63) is 30.1 Å². The number of methoxy groups -OCH3 is 1. The van der Waals surface area contributed by atoms with Crippen LogP contribution in [-0.4, -0.2) is 57.3 Å². The molecule has 0 atom stereocenters. The maximum Gasteiger partial charge on any atom is 0.257 e. The summed E-state index contributed by atoms with van der Waals surface area (Å²) in [5, 5.41) is 2.91. The summed E-state index contributed by atoms with van der Waals surface area (Å²) in [6.07, 6.45) is 2.17. The van der Waals surface area contributed by atoms with Gasteiger partial charge < -0.3 is 19.7 Å². The average Bonchev–Trinajstić information content (AvgIpc) is 2.58. The standard InChI is InChI=1S/C17H25FN2O3/c1-22-11-10-20-8-6-14(7-9-20)12-19-17(21)13-23-16-4-2-15(18)3-5-16/h2-5,14H,6-13H2,1H3,(H,19,21). The molecule has 2 rings (SSSR count). The Kier molecular flexibility index (Phi) is 7.29. The molecule has 5 nitrogen and oxygen atoms in total. The normalized spacial score (nSPS) is 16.3. The zero-order valence-electron chi connectivity index (χ0n) is 13.6. The Morgan fingerprint density at radius 1 is 1.30 bits per heavy atom. The summed E-state index contributed by atoms with van der Waals surface area (Å²) in [6.45, 7) is 4.48. The van der Waals surface area contributed by atoms with E-state index in [1.165, 1.54) is 24.3 Å². The van der Waals surface area contributed by atoms with Gasteiger partial charge in [-0.05, 0) is 56.1 Å². The van der Waals surface area contributed by atoms with Crippen molar-refractivity contribution in [1.82, 2.24) is 10.2 Å². The van der Waals surface area contributed by atoms with Crippen molar-refractivity contribution >= 4 is 5.91 Å². The summed E-state index contributed by atoms with van der Waals surface area (Å²) >= 11 is 0. The Hall–Kier alpha value is -1.66. The first kappa shape index (κ1) is 17.7. The van der Waals surface area contributed by atoms with Gasteiger partial charge in [0, 0.05) is 20.2 Å². The van der Waals surface area contributed by atoms with Crippen LogP contribution < -0.4 is 10.1 Å². The molecule has 1 heterocycles. The number of likely N-dealkylation sites (tertiary alicyclic amines) is 1. The Balaban J connectivity index is 1.59. The lowest BCUT2D eigenvalue weighted by atomic mass is 9.97. The maximum atomic E-state index is 12.8. The molecule has 0 aromatic heterocycles. The fourth-order valence-electron chi connectivity index (χ4n) is 2.62. The highest BCUT2D eigenvalue weighted by molar-refractivity contribution is 5.77. The van der Waals surface area contributed by atoms with E-state index < -0.39 is 0 Å². The number of benzene rings is 1. The van der Waals surface area contributed by atoms with E-state index in [0.717, 1.165) is 39.1 Å². The van der Waals surface area contributed by atoms with Crippen molar-refractivity contribution in [1.29, 1.82) is 0 Å². The van der Waals surface area contributed by atoms with Gasteiger partial charge in [-0.25, -0.2) is 4.39 Å². The molecular formula is C17H25FN2O3. The van der Waals surface area contributed by atoms with Crippen molar-refractivity contribution in [2.24, 2.45) is 5.92 Å². The smallest absolute Gasteiger partial charge is 0.257 e. The second kappa shape index (κ2) is 9.47. The van der Waals surface area contributed by atoms with Gasteiger partial charge >= 0.3 is 0 Å². The molecule has 1 aromatic rings. The van der Waals surface area contributed by atoms with Crippen molar-refractivity contribution in [2.45, 2.75) is 12.8 Å². The topological polar surface area (TPSA) is 50.8 Å². The highest BCUT2D eigenvalue weighted by Gasteiger charge is 2.19. The first-order valence-corrected chi connectivity index (χ1v) is 8.03. The van der Waals surface area contributed by atoms with E-state index in [1.54, 1.807) is 7.11 Å². The number of piperidine rings is 1. The molecule has 128 valence electrons. The Labute approximate surface area is 136 Å². The van der Waals surface area contributed by atoms with Crippen LogP contribution in [0.2, 0.25) is 0 Å². The number of halogens is 1. The molecule has 1 amide bonds. The number of carbonyl (C=O) groups is 1. The van der Waals surface area contributed by atoms with Crippen molar-refractivity contribution in [3.8, 4) is 5.75 Å². The first-order valence-electron chi connectivity index (χ1n) is 8.03. The van der Waals surface area contributed by atoms with Gasteiger partial charge in [-0.15, -0.1) is 0 Å². The van der Waals surface area contributed by atoms with Gasteiger partial charge in [0.1, 0.15) is 11.6 Å². The number of nitrogens with zero attached hydrogens (tertiary/aromatic N) is 1. The van der Waals surface area contributed by atoms with Gasteiger partial charge in [0.25, 0.3) is 5.91 Å². The van der Waals surface area contributed by atoms with Crippen LogP contribution in [0.15, 0.2) is 24.3 Å². The molecule has 0 radical (unpaired) electrons. The summed E-state index contributed by atoms with van der Waals surface area (Å²) in [6, 6.07) is 5.64. The van der Waals surface area contributed by atoms with E-state index in [9.17, 15) is 9.18 Å². The third-order valence-corrected chi connectivity index (χ3v) is 4.09. The van der Waals surface area contributed by atoms with Crippen LogP contribution in [0.3, 0.4) is 0 Å². The molecule has 23 heavy (non-hydrogen) atoms. The molecule has 0 spiro atoms. The fraction of sp³-hybridized carbons (Fsp3) is 0.588. The largest absolute Gasteiger partial charge is 0.484 e. The lowest BCUT2D eigenvalue weighted by Crippen LogP contribution is -2.40. The first-order chi connectivity index (χ1) is 11.2. The molecule has 0 saturated carbocycles. The summed E-state index contributed by atoms with van der Waals surface area (Å²) < 4.78 is 23.2. The van der Waals surface area contributed by atoms with E-state index >= 15 is 0 Å². The van der Waals surface area contributed by atoms with Gasteiger partial charge in [0.15, 0.2) is 6.61 Å². The number of rotatable bonds is 8. The third-order valence-electron chi connectivity index (χ3n) is 4.09. The van der Waals surface area contributed by atoms with Crippen molar-refractivity contribution < 1.29 is 18.7 Å². The molecule has 1 fully saturated rings. The van der Waals surface area contributed by atoms with Gasteiger partial charge in [0.05, 0.1) is 6.61 Å². The minimum atomic E-state index is -0.321. The predicted molar refractivity (Wildman–Crippen MR) is 85.9 cm³/mol. The van der Waals surface area contributed by atoms with E-state index in [-0.39, 0.29) is 18.3 Å². The van der Waals surface area contributed by atoms with Crippen molar-refractivity contribution in [2.75, 3.05) is 46.5 Å². The predicted octanol–water partition coefficient (Wildman–Crippen LogP) is 1.68. The number of nitrogens with one attached hydrogen (secondary N) is 1. The molecule has 1 aliphatic rings. The van der Waals surface area contributed by atoms with Crippen LogP contribution in [0.1, 0.15) is 12.8 Å². The Morgan fingerprint density at radius 3 is 2.65 bits per heavy atom. The molecule has 0 unspecified atom stereocenters. The van der Waals surface area contributed by atoms with Gasteiger partial charge in [-0.3, -0.25) is 4.79 Å². The van der Waals surface area contributed by atoms with Gasteiger partial charge in [-0.1, -0.05) is 0 Å². The second-order valence-corrected chi connectivity index (χ2v) is 5.82. The van der Waals surface area contributed by atoms with Gasteiger partial charge in [-0.2, -0.15) is 0 Å². The van der Waals surface area contributed by atoms with Crippen LogP contribution >= 0.6 is 0 Å². The van der Waals surface area contributed by atoms with E-state index in [0.29, 0.717) is 18.2 Å². The summed E-state index contributed by atoms with van der Waals surface area (Å²) in [5.41, 5.74) is 0. The lowest BCUT2D eigenvalue weighted by Gasteiger charge is -2.31. The molecule has 1 saturated heterocycles. The highest BCUT2D eigenvalue weighted by atomic mass is 19.1. The Bertz CT molecular complexity index is 473. The van der Waals surface area contributed by atoms with Gasteiger partial charge in [0.2, 0.25) is 0 Å². The molecule has 0 bridgehead atoms. The van der Waals surface area contributed by atoms with E-state index in [4.69, 9.17) is 9.47 Å². The number of carbonyl (C=O) groups excluding carboxylic acids is 1. The third kappa shape index (κ3) is 6.54.